The first kappa shape index (κ1) is 13.7. The van der Waals surface area contributed by atoms with Crippen molar-refractivity contribution in [2.45, 2.75) is 19.3 Å². The minimum atomic E-state index is -4.75. The van der Waals surface area contributed by atoms with Crippen LogP contribution in [0.1, 0.15) is 16.7 Å². The molecule has 0 aliphatic rings. The Bertz CT molecular complexity index is 418. The van der Waals surface area contributed by atoms with Crippen molar-refractivity contribution in [1.29, 1.82) is 0 Å². The van der Waals surface area contributed by atoms with Gasteiger partial charge in [-0.1, -0.05) is 0 Å². The quantitative estimate of drug-likeness (QED) is 0.691. The number of benzene rings is 1. The number of halogens is 6. The van der Waals surface area contributed by atoms with Crippen molar-refractivity contribution in [3.05, 3.63) is 28.8 Å². The Hall–Kier alpha value is -1.40. The molecule has 1 aromatic rings. The van der Waals surface area contributed by atoms with Gasteiger partial charge in [-0.15, -0.1) is 0 Å². The molecule has 0 bridgehead atoms. The van der Waals surface area contributed by atoms with Gasteiger partial charge in [-0.25, -0.2) is 0 Å². The van der Waals surface area contributed by atoms with Crippen LogP contribution < -0.4 is 4.74 Å². The number of aryl methyl sites for hydroxylation is 1. The van der Waals surface area contributed by atoms with E-state index in [9.17, 15) is 26.3 Å². The maximum atomic E-state index is 12.6. The molecule has 0 saturated carbocycles. The van der Waals surface area contributed by atoms with E-state index in [4.69, 9.17) is 0 Å². The predicted molar refractivity (Wildman–Crippen MR) is 47.7 cm³/mol. The maximum absolute atomic E-state index is 12.6. The molecule has 0 amide bonds. The van der Waals surface area contributed by atoms with Gasteiger partial charge in [0.2, 0.25) is 0 Å². The van der Waals surface area contributed by atoms with Crippen LogP contribution in [-0.2, 0) is 12.4 Å². The lowest BCUT2D eigenvalue weighted by Gasteiger charge is -2.17. The summed E-state index contributed by atoms with van der Waals surface area (Å²) in [5.74, 6) is -0.829. The number of alkyl halides is 6. The SMILES string of the molecule is COc1cc(C(F)(F)F)cc(C)c1C(F)(F)F. The topological polar surface area (TPSA) is 9.23 Å². The van der Waals surface area contributed by atoms with Crippen molar-refractivity contribution in [2.75, 3.05) is 7.11 Å². The second kappa shape index (κ2) is 4.12. The molecule has 0 radical (unpaired) electrons. The van der Waals surface area contributed by atoms with Crippen LogP contribution in [-0.4, -0.2) is 7.11 Å². The van der Waals surface area contributed by atoms with Crippen LogP contribution in [0, 0.1) is 6.92 Å². The maximum Gasteiger partial charge on any atom is 0.420 e. The van der Waals surface area contributed by atoms with Gasteiger partial charge in [-0.05, 0) is 24.6 Å². The number of hydrogen-bond donors (Lipinski definition) is 0. The van der Waals surface area contributed by atoms with Crippen LogP contribution in [0.15, 0.2) is 12.1 Å². The molecule has 1 aromatic carbocycles. The Morgan fingerprint density at radius 2 is 1.47 bits per heavy atom. The Labute approximate surface area is 93.0 Å². The molecule has 17 heavy (non-hydrogen) atoms. The van der Waals surface area contributed by atoms with Gasteiger partial charge in [0.15, 0.2) is 0 Å². The van der Waals surface area contributed by atoms with Crippen molar-refractivity contribution in [3.8, 4) is 5.75 Å². The lowest BCUT2D eigenvalue weighted by Crippen LogP contribution is -2.13. The average molecular weight is 258 g/mol. The molecule has 96 valence electrons. The third-order valence-corrected chi connectivity index (χ3v) is 2.13. The normalized spacial score (nSPS) is 12.7. The van der Waals surface area contributed by atoms with E-state index in [1.54, 1.807) is 0 Å². The van der Waals surface area contributed by atoms with Crippen molar-refractivity contribution in [1.82, 2.24) is 0 Å². The third kappa shape index (κ3) is 2.83. The van der Waals surface area contributed by atoms with Gasteiger partial charge < -0.3 is 4.74 Å². The fourth-order valence-electron chi connectivity index (χ4n) is 1.44. The molecule has 0 N–H and O–H groups in total. The van der Waals surface area contributed by atoms with E-state index >= 15 is 0 Å². The van der Waals surface area contributed by atoms with Crippen LogP contribution >= 0.6 is 0 Å². The molecule has 0 aliphatic heterocycles. The zero-order valence-corrected chi connectivity index (χ0v) is 8.83. The Kier molecular flexibility index (Phi) is 3.31. The van der Waals surface area contributed by atoms with Crippen LogP contribution in [0.25, 0.3) is 0 Å². The van der Waals surface area contributed by atoms with E-state index in [1.807, 2.05) is 0 Å². The van der Waals surface area contributed by atoms with E-state index in [0.29, 0.717) is 12.1 Å². The summed E-state index contributed by atoms with van der Waals surface area (Å²) in [6, 6.07) is 0.793. The minimum absolute atomic E-state index is 0.343. The molecule has 0 aliphatic carbocycles. The Morgan fingerprint density at radius 1 is 0.941 bits per heavy atom. The standard InChI is InChI=1S/C10H8F6O/c1-5-3-6(9(11,12)13)4-7(17-2)8(5)10(14,15)16/h3-4H,1-2H3. The number of hydrogen-bond acceptors (Lipinski definition) is 1. The highest BCUT2D eigenvalue weighted by molar-refractivity contribution is 5.46. The second-order valence-corrected chi connectivity index (χ2v) is 3.37. The highest BCUT2D eigenvalue weighted by Crippen LogP contribution is 2.42. The van der Waals surface area contributed by atoms with E-state index < -0.39 is 34.8 Å². The van der Waals surface area contributed by atoms with Gasteiger partial charge in [-0.3, -0.25) is 0 Å². The van der Waals surface area contributed by atoms with Crippen molar-refractivity contribution < 1.29 is 31.1 Å². The van der Waals surface area contributed by atoms with E-state index in [0.717, 1.165) is 14.0 Å². The second-order valence-electron chi connectivity index (χ2n) is 3.37. The van der Waals surface area contributed by atoms with Crippen molar-refractivity contribution >= 4 is 0 Å². The lowest BCUT2D eigenvalue weighted by molar-refractivity contribution is -0.142. The lowest BCUT2D eigenvalue weighted by atomic mass is 10.0. The fourth-order valence-corrected chi connectivity index (χ4v) is 1.44. The summed E-state index contributed by atoms with van der Waals surface area (Å²) >= 11 is 0. The van der Waals surface area contributed by atoms with Gasteiger partial charge in [0.05, 0.1) is 12.7 Å². The largest absolute Gasteiger partial charge is 0.496 e. The monoisotopic (exact) mass is 258 g/mol. The summed E-state index contributed by atoms with van der Waals surface area (Å²) in [7, 11) is 0.893. The van der Waals surface area contributed by atoms with Crippen LogP contribution in [0.4, 0.5) is 26.3 Å². The summed E-state index contributed by atoms with van der Waals surface area (Å²) in [6.45, 7) is 0.959. The third-order valence-electron chi connectivity index (χ3n) is 2.13. The first-order valence-corrected chi connectivity index (χ1v) is 4.40. The Morgan fingerprint density at radius 3 is 1.82 bits per heavy atom. The van der Waals surface area contributed by atoms with E-state index in [1.165, 1.54) is 0 Å². The fraction of sp³-hybridized carbons (Fsp3) is 0.400. The molecule has 7 heteroatoms. The molecule has 0 aromatic heterocycles. The molecular formula is C10H8F6O. The summed E-state index contributed by atoms with van der Waals surface area (Å²) in [6.07, 6.45) is -9.46. The summed E-state index contributed by atoms with van der Waals surface area (Å²) < 4.78 is 79.2. The summed E-state index contributed by atoms with van der Waals surface area (Å²) in [4.78, 5) is 0. The first-order chi connectivity index (χ1) is 7.57. The highest BCUT2D eigenvalue weighted by Gasteiger charge is 2.39. The predicted octanol–water partition coefficient (Wildman–Crippen LogP) is 4.04. The minimum Gasteiger partial charge on any atom is -0.496 e. The van der Waals surface area contributed by atoms with E-state index in [-0.39, 0.29) is 0 Å². The van der Waals surface area contributed by atoms with Crippen LogP contribution in [0.2, 0.25) is 0 Å². The van der Waals surface area contributed by atoms with Gasteiger partial charge in [0.25, 0.3) is 0 Å². The zero-order valence-electron chi connectivity index (χ0n) is 8.83. The number of methoxy groups -OCH3 is 1. The molecule has 0 spiro atoms. The van der Waals surface area contributed by atoms with Gasteiger partial charge >= 0.3 is 12.4 Å². The molecule has 1 rings (SSSR count). The Balaban J connectivity index is 3.47. The molecule has 0 unspecified atom stereocenters. The number of rotatable bonds is 1. The molecular weight excluding hydrogens is 250 g/mol. The van der Waals surface area contributed by atoms with Crippen molar-refractivity contribution in [3.63, 3.8) is 0 Å². The molecule has 0 saturated heterocycles. The zero-order chi connectivity index (χ0) is 13.4. The molecule has 0 fully saturated rings. The first-order valence-electron chi connectivity index (χ1n) is 4.40. The summed E-state index contributed by atoms with van der Waals surface area (Å²) in [5.41, 5.74) is -2.88. The van der Waals surface area contributed by atoms with Gasteiger partial charge in [0.1, 0.15) is 11.3 Å². The van der Waals surface area contributed by atoms with Crippen molar-refractivity contribution in [2.24, 2.45) is 0 Å². The van der Waals surface area contributed by atoms with E-state index in [2.05, 4.69) is 4.74 Å². The molecule has 1 nitrogen and oxygen atoms in total. The highest BCUT2D eigenvalue weighted by atomic mass is 19.4. The van der Waals surface area contributed by atoms with Gasteiger partial charge in [-0.2, -0.15) is 26.3 Å². The van der Waals surface area contributed by atoms with Gasteiger partial charge in [0, 0.05) is 0 Å². The molecule has 0 heterocycles. The smallest absolute Gasteiger partial charge is 0.420 e. The van der Waals surface area contributed by atoms with Crippen LogP contribution in [0.3, 0.4) is 0 Å². The number of ether oxygens (including phenoxy) is 1. The summed E-state index contributed by atoms with van der Waals surface area (Å²) in [5, 5.41) is 0. The average Bonchev–Trinajstić information content (AvgIpc) is 2.12. The van der Waals surface area contributed by atoms with Crippen LogP contribution in [0.5, 0.6) is 5.75 Å². The molecule has 0 atom stereocenters.